The van der Waals surface area contributed by atoms with Crippen LogP contribution >= 0.6 is 0 Å². The number of hydrogen-bond acceptors (Lipinski definition) is 13. The molecule has 2 unspecified atom stereocenters. The molecular formula is C47H58N10O5. The summed E-state index contributed by atoms with van der Waals surface area (Å²) in [6.07, 6.45) is 9.47. The molecule has 15 heteroatoms. The van der Waals surface area contributed by atoms with Crippen LogP contribution in [0.15, 0.2) is 89.0 Å². The number of fused-ring (bicyclic) bond motifs is 1. The van der Waals surface area contributed by atoms with E-state index < -0.39 is 11.9 Å². The maximum Gasteiger partial charge on any atom is 0.255 e. The lowest BCUT2D eigenvalue weighted by atomic mass is 10.0. The van der Waals surface area contributed by atoms with Crippen molar-refractivity contribution in [2.45, 2.75) is 57.0 Å². The minimum atomic E-state index is -0.753. The number of aryl methyl sites for hydroxylation is 1. The van der Waals surface area contributed by atoms with Crippen molar-refractivity contribution in [2.24, 2.45) is 9.98 Å². The van der Waals surface area contributed by atoms with Gasteiger partial charge >= 0.3 is 0 Å². The van der Waals surface area contributed by atoms with Gasteiger partial charge in [0.05, 0.1) is 17.2 Å². The second-order valence-electron chi connectivity index (χ2n) is 15.9. The van der Waals surface area contributed by atoms with E-state index in [4.69, 9.17) is 9.98 Å². The Kier molecular flexibility index (Phi) is 15.7. The summed E-state index contributed by atoms with van der Waals surface area (Å²) in [5.74, 6) is 1.02. The first-order chi connectivity index (χ1) is 30.2. The van der Waals surface area contributed by atoms with Crippen molar-refractivity contribution in [1.82, 2.24) is 19.8 Å². The van der Waals surface area contributed by atoms with Gasteiger partial charge in [-0.3, -0.25) is 24.3 Å². The Labute approximate surface area is 364 Å². The highest BCUT2D eigenvalue weighted by atomic mass is 16.2. The number of carbonyl (C=O) groups excluding carboxylic acids is 5. The summed E-state index contributed by atoms with van der Waals surface area (Å²) >= 11 is 0. The number of benzene rings is 2. The summed E-state index contributed by atoms with van der Waals surface area (Å²) < 4.78 is 0. The molecule has 2 atom stereocenters. The van der Waals surface area contributed by atoms with Gasteiger partial charge in [0, 0.05) is 113 Å². The summed E-state index contributed by atoms with van der Waals surface area (Å²) in [4.78, 5) is 82.5. The van der Waals surface area contributed by atoms with Crippen LogP contribution < -0.4 is 20.1 Å². The summed E-state index contributed by atoms with van der Waals surface area (Å²) in [5, 5.41) is 7.16. The predicted molar refractivity (Wildman–Crippen MR) is 246 cm³/mol. The van der Waals surface area contributed by atoms with Crippen molar-refractivity contribution < 1.29 is 24.0 Å². The van der Waals surface area contributed by atoms with Crippen LogP contribution in [0.25, 0.3) is 0 Å². The number of nitrogens with one attached hydrogen (secondary N) is 1. The number of amides is 1. The average molecular weight is 843 g/mol. The van der Waals surface area contributed by atoms with E-state index in [0.717, 1.165) is 93.9 Å². The van der Waals surface area contributed by atoms with Gasteiger partial charge in [-0.25, -0.2) is 20.0 Å². The third kappa shape index (κ3) is 10.2. The lowest BCUT2D eigenvalue weighted by Crippen LogP contribution is -2.63. The van der Waals surface area contributed by atoms with Gasteiger partial charge in [0.15, 0.2) is 18.4 Å². The number of aliphatic imine (C=N–C) groups is 2. The largest absolute Gasteiger partial charge is 0.369 e. The molecule has 0 saturated carbocycles. The van der Waals surface area contributed by atoms with Crippen LogP contribution in [0.5, 0.6) is 0 Å². The molecule has 3 heterocycles. The Balaban J connectivity index is 1.05. The van der Waals surface area contributed by atoms with Gasteiger partial charge in [-0.1, -0.05) is 19.1 Å². The minimum Gasteiger partial charge on any atom is -0.369 e. The number of aldehydes is 4. The smallest absolute Gasteiger partial charge is 0.255 e. The Morgan fingerprint density at radius 1 is 0.984 bits per heavy atom. The molecule has 2 aliphatic heterocycles. The fourth-order valence-corrected chi connectivity index (χ4v) is 8.47. The van der Waals surface area contributed by atoms with E-state index in [9.17, 15) is 24.0 Å². The van der Waals surface area contributed by atoms with E-state index in [-0.39, 0.29) is 36.2 Å². The number of nitrogens with zero attached hydrogens (tertiary/aromatic N) is 9. The normalized spacial score (nSPS) is 17.5. The number of anilines is 4. The zero-order valence-corrected chi connectivity index (χ0v) is 36.1. The van der Waals surface area contributed by atoms with Crippen LogP contribution in [0.4, 0.5) is 22.9 Å². The molecule has 62 heavy (non-hydrogen) atoms. The quantitative estimate of drug-likeness (QED) is 0.0381. The maximum absolute atomic E-state index is 13.4. The zero-order chi connectivity index (χ0) is 44.2. The Bertz CT molecular complexity index is 2160. The number of pyridine rings is 1. The third-order valence-electron chi connectivity index (χ3n) is 12.2. The molecular weight excluding hydrogens is 785 g/mol. The van der Waals surface area contributed by atoms with Gasteiger partial charge in [0.2, 0.25) is 0 Å². The van der Waals surface area contributed by atoms with Crippen molar-refractivity contribution in [3.05, 3.63) is 101 Å². The van der Waals surface area contributed by atoms with E-state index >= 15 is 0 Å². The van der Waals surface area contributed by atoms with Gasteiger partial charge < -0.3 is 29.6 Å². The molecule has 1 aliphatic carbocycles. The highest BCUT2D eigenvalue weighted by Crippen LogP contribution is 2.36. The number of piperazine rings is 1. The van der Waals surface area contributed by atoms with Gasteiger partial charge in [-0.15, -0.1) is 6.58 Å². The van der Waals surface area contributed by atoms with Crippen LogP contribution in [0.1, 0.15) is 70.5 Å². The predicted octanol–water partition coefficient (Wildman–Crippen LogP) is 5.05. The summed E-state index contributed by atoms with van der Waals surface area (Å²) in [6, 6.07) is 17.3. The first-order valence-electron chi connectivity index (χ1n) is 21.3. The fourth-order valence-electron chi connectivity index (χ4n) is 8.47. The standard InChI is InChI=1S/C47H58N10O5/c1-6-20-52(4)57(44-19-13-35-11-10-34(7-2)45(35)51-44)46(37(31-60)27-48-3)50-33-49-38-14-17-39(18-15-38)56-28-42(29-56)55-23-21-54(22-24-55)40-16-12-36(30-59)43(26-40)47(62)53(5)41(32-61)9-8-25-58/h6,12-19,25-27,30-32,34,41-42,49H,1,3,7-11,20-24,28-29,33H2,2,4-5H3/b37-27-,50-46+. The summed E-state index contributed by atoms with van der Waals surface area (Å²) in [6.45, 7) is 15.4. The molecule has 326 valence electrons. The monoisotopic (exact) mass is 842 g/mol. The molecule has 0 radical (unpaired) electrons. The zero-order valence-electron chi connectivity index (χ0n) is 36.1. The van der Waals surface area contributed by atoms with Crippen LogP contribution in [0, 0.1) is 0 Å². The van der Waals surface area contributed by atoms with Gasteiger partial charge in [-0.2, -0.15) is 0 Å². The Hall–Kier alpha value is -6.32. The maximum atomic E-state index is 13.4. The molecule has 0 bridgehead atoms. The highest BCUT2D eigenvalue weighted by molar-refractivity contribution is 6.20. The molecule has 2 fully saturated rings. The van der Waals surface area contributed by atoms with Crippen LogP contribution in [-0.2, 0) is 20.8 Å². The van der Waals surface area contributed by atoms with Gasteiger partial charge in [0.25, 0.3) is 5.91 Å². The summed E-state index contributed by atoms with van der Waals surface area (Å²) in [7, 11) is 3.43. The van der Waals surface area contributed by atoms with E-state index in [1.54, 1.807) is 18.2 Å². The van der Waals surface area contributed by atoms with E-state index in [2.05, 4.69) is 63.4 Å². The van der Waals surface area contributed by atoms with Crippen molar-refractivity contribution in [3.63, 3.8) is 0 Å². The number of hydrogen-bond donors (Lipinski definition) is 1. The second kappa shape index (κ2) is 21.5. The molecule has 1 amide bonds. The molecule has 1 N–H and O–H groups in total. The SMILES string of the molecule is C=CCN(C)N(C(=N/CNc1ccc(N2CC(N3CCN(c4ccc(C=O)c(C(=O)N(C)C(C=O)CCC=O)c4)CC3)C2)cc1)/C(C=O)=C\N=C)c1ccc2c(n1)C(CC)CC2. The van der Waals surface area contributed by atoms with E-state index in [1.165, 1.54) is 23.7 Å². The molecule has 3 aliphatic rings. The van der Waals surface area contributed by atoms with E-state index in [0.29, 0.717) is 42.7 Å². The second-order valence-corrected chi connectivity index (χ2v) is 15.9. The lowest BCUT2D eigenvalue weighted by molar-refractivity contribution is -0.112. The van der Waals surface area contributed by atoms with Crippen molar-refractivity contribution in [2.75, 3.05) is 86.7 Å². The number of hydrazine groups is 1. The number of aromatic nitrogens is 1. The molecule has 3 aromatic rings. The number of rotatable bonds is 21. The topological polar surface area (TPSA) is 154 Å². The third-order valence-corrected chi connectivity index (χ3v) is 12.2. The molecule has 2 saturated heterocycles. The molecule has 0 spiro atoms. The molecule has 15 nitrogen and oxygen atoms in total. The Morgan fingerprint density at radius 2 is 1.73 bits per heavy atom. The number of likely N-dealkylation sites (N-methyl/N-ethyl adjacent to an activating group) is 2. The fraction of sp³-hybridized carbons (Fsp3) is 0.404. The molecule has 1 aromatic heterocycles. The molecule has 2 aromatic carbocycles. The van der Waals surface area contributed by atoms with Crippen LogP contribution in [-0.4, -0.2) is 142 Å². The van der Waals surface area contributed by atoms with Crippen LogP contribution in [0.3, 0.4) is 0 Å². The lowest BCUT2D eigenvalue weighted by Gasteiger charge is -2.49. The van der Waals surface area contributed by atoms with Crippen molar-refractivity contribution in [1.29, 1.82) is 0 Å². The van der Waals surface area contributed by atoms with Gasteiger partial charge in [0.1, 0.15) is 25.1 Å². The Morgan fingerprint density at radius 3 is 2.37 bits per heavy atom. The highest BCUT2D eigenvalue weighted by Gasteiger charge is 2.34. The number of carbonyl (C=O) groups is 5. The van der Waals surface area contributed by atoms with Crippen molar-refractivity contribution >= 4 is 66.5 Å². The first kappa shape index (κ1) is 45.2. The minimum absolute atomic E-state index is 0.161. The van der Waals surface area contributed by atoms with Crippen LogP contribution in [0.2, 0.25) is 0 Å². The van der Waals surface area contributed by atoms with Gasteiger partial charge in [-0.05, 0) is 86.5 Å². The first-order valence-corrected chi connectivity index (χ1v) is 21.3. The molecule has 6 rings (SSSR count). The number of amidine groups is 1. The average Bonchev–Trinajstić information content (AvgIpc) is 3.70. The van der Waals surface area contributed by atoms with Crippen molar-refractivity contribution in [3.8, 4) is 0 Å². The summed E-state index contributed by atoms with van der Waals surface area (Å²) in [5.41, 5.74) is 6.00. The van der Waals surface area contributed by atoms with E-state index in [1.807, 2.05) is 41.3 Å².